The number of aromatic hydroxyl groups is 1. The number of rotatable bonds is 5. The van der Waals surface area contributed by atoms with Crippen molar-refractivity contribution in [1.29, 1.82) is 0 Å². The van der Waals surface area contributed by atoms with Crippen molar-refractivity contribution in [3.8, 4) is 35.0 Å². The number of likely N-dealkylation sites (N-methyl/N-ethyl adjacent to an activating group) is 1. The van der Waals surface area contributed by atoms with E-state index < -0.39 is 0 Å². The smallest absolute Gasteiger partial charge is 0.227 e. The highest BCUT2D eigenvalue weighted by Gasteiger charge is 2.21. The van der Waals surface area contributed by atoms with Crippen LogP contribution in [0.2, 0.25) is 0 Å². The first-order chi connectivity index (χ1) is 16.0. The summed E-state index contributed by atoms with van der Waals surface area (Å²) in [6, 6.07) is 9.25. The molecule has 3 heterocycles. The molecule has 0 bridgehead atoms. The first-order valence-corrected chi connectivity index (χ1v) is 10.7. The predicted molar refractivity (Wildman–Crippen MR) is 128 cm³/mol. The number of fused-ring (bicyclic) bond motifs is 1. The zero-order valence-corrected chi connectivity index (χ0v) is 18.5. The van der Waals surface area contributed by atoms with Gasteiger partial charge in [0.1, 0.15) is 23.1 Å². The molecule has 2 N–H and O–H groups in total. The van der Waals surface area contributed by atoms with E-state index in [1.54, 1.807) is 16.9 Å². The van der Waals surface area contributed by atoms with Gasteiger partial charge in [-0.2, -0.15) is 5.10 Å². The number of hydrogen-bond donors (Lipinski definition) is 2. The van der Waals surface area contributed by atoms with Gasteiger partial charge in [0.05, 0.1) is 6.20 Å². The largest absolute Gasteiger partial charge is 0.506 e. The second kappa shape index (κ2) is 8.45. The van der Waals surface area contributed by atoms with Crippen LogP contribution in [-0.4, -0.2) is 56.0 Å². The molecule has 166 valence electrons. The molecule has 0 spiro atoms. The molecule has 0 saturated carbocycles. The first kappa shape index (κ1) is 20.8. The average molecular weight is 441 g/mol. The van der Waals surface area contributed by atoms with E-state index in [4.69, 9.17) is 11.2 Å². The van der Waals surface area contributed by atoms with Gasteiger partial charge >= 0.3 is 0 Å². The molecule has 0 amide bonds. The number of aryl methyl sites for hydroxylation is 1. The molecule has 2 aromatic heterocycles. The maximum atomic E-state index is 10.3. The van der Waals surface area contributed by atoms with Gasteiger partial charge in [0.2, 0.25) is 5.95 Å². The second-order valence-corrected chi connectivity index (χ2v) is 8.34. The molecule has 8 nitrogen and oxygen atoms in total. The van der Waals surface area contributed by atoms with Gasteiger partial charge in [-0.3, -0.25) is 4.68 Å². The Morgan fingerprint density at radius 2 is 2.03 bits per heavy atom. The van der Waals surface area contributed by atoms with E-state index in [1.165, 1.54) is 6.07 Å². The maximum Gasteiger partial charge on any atom is 0.227 e. The fourth-order valence-electron chi connectivity index (χ4n) is 4.06. The summed E-state index contributed by atoms with van der Waals surface area (Å²) in [5.74, 6) is 3.67. The lowest BCUT2D eigenvalue weighted by atomic mass is 10.1. The summed E-state index contributed by atoms with van der Waals surface area (Å²) in [6.07, 6.45) is 12.0. The number of likely N-dealkylation sites (tertiary alicyclic amines) is 1. The molecule has 1 aliphatic heterocycles. The van der Waals surface area contributed by atoms with Crippen LogP contribution in [0, 0.1) is 12.3 Å². The third-order valence-corrected chi connectivity index (χ3v) is 5.68. The molecule has 1 atom stereocenters. The Morgan fingerprint density at radius 1 is 1.15 bits per heavy atom. The van der Waals surface area contributed by atoms with Crippen molar-refractivity contribution in [3.05, 3.63) is 54.5 Å². The number of ether oxygens (including phenoxy) is 1. The fourth-order valence-corrected chi connectivity index (χ4v) is 4.06. The van der Waals surface area contributed by atoms with Gasteiger partial charge in [0.25, 0.3) is 0 Å². The molecule has 1 aliphatic rings. The number of hydrogen-bond acceptors (Lipinski definition) is 7. The number of phenols is 1. The number of terminal acetylenes is 1. The molecular weight excluding hydrogens is 416 g/mol. The first-order valence-electron chi connectivity index (χ1n) is 10.7. The summed E-state index contributed by atoms with van der Waals surface area (Å²) in [6.45, 7) is 1.92. The second-order valence-electron chi connectivity index (χ2n) is 8.34. The zero-order valence-electron chi connectivity index (χ0n) is 18.5. The predicted octanol–water partition coefficient (Wildman–Crippen LogP) is 3.54. The summed E-state index contributed by atoms with van der Waals surface area (Å²) in [7, 11) is 3.99. The van der Waals surface area contributed by atoms with Crippen molar-refractivity contribution in [2.75, 3.05) is 25.5 Å². The number of nitrogens with zero attached hydrogens (tertiary/aromatic N) is 5. The Bertz CT molecular complexity index is 1370. The lowest BCUT2D eigenvalue weighted by molar-refractivity contribution is 0.208. The fraction of sp³-hybridized carbons (Fsp3) is 0.240. The number of anilines is 2. The van der Waals surface area contributed by atoms with Crippen molar-refractivity contribution in [2.24, 2.45) is 7.05 Å². The zero-order chi connectivity index (χ0) is 22.9. The minimum absolute atomic E-state index is 0.0180. The summed E-state index contributed by atoms with van der Waals surface area (Å²) >= 11 is 0. The number of phenolic OH excluding ortho intramolecular Hbond substituents is 1. The standard InChI is InChI=1S/C25H24N6O2/c1-4-16-7-18-12-26-25(29-24(18)23(32)8-16)28-20-9-17(19-13-27-31(3)14-19)10-22(11-20)33-21-5-6-30(2)15-21/h1,7-14,21,32H,5-6,15H2,2-3H3,(H,26,28,29)/t21-/m1/s1. The maximum absolute atomic E-state index is 10.3. The van der Waals surface area contributed by atoms with Crippen molar-refractivity contribution in [1.82, 2.24) is 24.6 Å². The monoisotopic (exact) mass is 440 g/mol. The molecule has 1 saturated heterocycles. The van der Waals surface area contributed by atoms with Crippen molar-refractivity contribution in [2.45, 2.75) is 12.5 Å². The summed E-state index contributed by atoms with van der Waals surface area (Å²) in [5.41, 5.74) is 3.73. The highest BCUT2D eigenvalue weighted by atomic mass is 16.5. The van der Waals surface area contributed by atoms with Crippen LogP contribution in [0.15, 0.2) is 48.9 Å². The molecule has 2 aromatic carbocycles. The van der Waals surface area contributed by atoms with E-state index in [2.05, 4.69) is 38.3 Å². The third-order valence-electron chi connectivity index (χ3n) is 5.68. The third kappa shape index (κ3) is 4.45. The molecule has 0 unspecified atom stereocenters. The lowest BCUT2D eigenvalue weighted by Crippen LogP contribution is -2.21. The van der Waals surface area contributed by atoms with Crippen molar-refractivity contribution >= 4 is 22.5 Å². The molecule has 4 aromatic rings. The molecule has 0 radical (unpaired) electrons. The molecule has 5 rings (SSSR count). The molecular formula is C25H24N6O2. The van der Waals surface area contributed by atoms with Crippen LogP contribution in [-0.2, 0) is 7.05 Å². The van der Waals surface area contributed by atoms with E-state index in [0.717, 1.165) is 42.1 Å². The van der Waals surface area contributed by atoms with Crippen molar-refractivity contribution < 1.29 is 9.84 Å². The van der Waals surface area contributed by atoms with E-state index in [0.29, 0.717) is 22.4 Å². The molecule has 8 heteroatoms. The summed E-state index contributed by atoms with van der Waals surface area (Å²) < 4.78 is 8.06. The SMILES string of the molecule is C#Cc1cc(O)c2nc(Nc3cc(O[C@@H]4CCN(C)C4)cc(-c4cnn(C)c4)c3)ncc2c1. The van der Waals surface area contributed by atoms with Gasteiger partial charge in [0, 0.05) is 60.8 Å². The quantitative estimate of drug-likeness (QED) is 0.459. The highest BCUT2D eigenvalue weighted by molar-refractivity contribution is 5.86. The minimum Gasteiger partial charge on any atom is -0.506 e. The number of aromatic nitrogens is 4. The van der Waals surface area contributed by atoms with Gasteiger partial charge in [-0.05, 0) is 43.3 Å². The van der Waals surface area contributed by atoms with Gasteiger partial charge in [0.15, 0.2) is 0 Å². The molecule has 0 aliphatic carbocycles. The van der Waals surface area contributed by atoms with E-state index in [9.17, 15) is 5.11 Å². The van der Waals surface area contributed by atoms with Crippen LogP contribution in [0.4, 0.5) is 11.6 Å². The minimum atomic E-state index is 0.0180. The molecule has 1 fully saturated rings. The van der Waals surface area contributed by atoms with E-state index >= 15 is 0 Å². The van der Waals surface area contributed by atoms with Gasteiger partial charge in [-0.1, -0.05) is 5.92 Å². The van der Waals surface area contributed by atoms with Crippen LogP contribution in [0.3, 0.4) is 0 Å². The highest BCUT2D eigenvalue weighted by Crippen LogP contribution is 2.32. The normalized spacial score (nSPS) is 16.1. The number of benzene rings is 2. The summed E-state index contributed by atoms with van der Waals surface area (Å²) in [5, 5.41) is 18.6. The topological polar surface area (TPSA) is 88.3 Å². The van der Waals surface area contributed by atoms with Gasteiger partial charge < -0.3 is 20.1 Å². The van der Waals surface area contributed by atoms with Crippen LogP contribution in [0.1, 0.15) is 12.0 Å². The van der Waals surface area contributed by atoms with Crippen LogP contribution >= 0.6 is 0 Å². The summed E-state index contributed by atoms with van der Waals surface area (Å²) in [4.78, 5) is 11.2. The Hall–Kier alpha value is -4.09. The average Bonchev–Trinajstić information content (AvgIpc) is 3.41. The van der Waals surface area contributed by atoms with Crippen LogP contribution < -0.4 is 10.1 Å². The Morgan fingerprint density at radius 3 is 2.76 bits per heavy atom. The van der Waals surface area contributed by atoms with Crippen LogP contribution in [0.25, 0.3) is 22.0 Å². The van der Waals surface area contributed by atoms with E-state index in [-0.39, 0.29) is 11.9 Å². The lowest BCUT2D eigenvalue weighted by Gasteiger charge is -2.16. The van der Waals surface area contributed by atoms with Gasteiger partial charge in [-0.25, -0.2) is 9.97 Å². The van der Waals surface area contributed by atoms with E-state index in [1.807, 2.05) is 37.6 Å². The Labute approximate surface area is 191 Å². The molecule has 33 heavy (non-hydrogen) atoms. The Kier molecular flexibility index (Phi) is 5.32. The Balaban J connectivity index is 1.49. The van der Waals surface area contributed by atoms with Crippen molar-refractivity contribution in [3.63, 3.8) is 0 Å². The van der Waals surface area contributed by atoms with Gasteiger partial charge in [-0.15, -0.1) is 6.42 Å². The number of nitrogens with one attached hydrogen (secondary N) is 1. The van der Waals surface area contributed by atoms with Crippen LogP contribution in [0.5, 0.6) is 11.5 Å².